The fourth-order valence-corrected chi connectivity index (χ4v) is 1.05. The van der Waals surface area contributed by atoms with Gasteiger partial charge in [-0.15, -0.1) is 0 Å². The Morgan fingerprint density at radius 2 is 1.93 bits per heavy atom. The second-order valence-electron chi connectivity index (χ2n) is 2.58. The van der Waals surface area contributed by atoms with Crippen molar-refractivity contribution in [2.75, 3.05) is 0 Å². The van der Waals surface area contributed by atoms with Crippen LogP contribution in [-0.4, -0.2) is 10.4 Å². The van der Waals surface area contributed by atoms with E-state index in [1.54, 1.807) is 0 Å². The minimum Gasteiger partial charge on any atom is -0.410 e. The molecule has 0 bridgehead atoms. The molecular weight excluding hydrogens is 238 g/mol. The molecule has 0 aliphatic carbocycles. The van der Waals surface area contributed by atoms with E-state index in [0.717, 1.165) is 6.07 Å². The maximum atomic E-state index is 12.8. The van der Waals surface area contributed by atoms with E-state index < -0.39 is 22.7 Å². The predicted molar refractivity (Wildman–Crippen MR) is 45.6 cm³/mol. The van der Waals surface area contributed by atoms with Gasteiger partial charge >= 0.3 is 6.18 Å². The molecule has 0 atom stereocenters. The van der Waals surface area contributed by atoms with Crippen molar-refractivity contribution in [3.63, 3.8) is 0 Å². The lowest BCUT2D eigenvalue weighted by Crippen LogP contribution is -2.09. The molecule has 0 heterocycles. The summed E-state index contributed by atoms with van der Waals surface area (Å²) in [6.45, 7) is 0. The second-order valence-corrected chi connectivity index (χ2v) is 2.94. The lowest BCUT2D eigenvalue weighted by molar-refractivity contribution is -0.140. The maximum Gasteiger partial charge on any atom is 0.419 e. The van der Waals surface area contributed by atoms with Crippen molar-refractivity contribution in [3.05, 3.63) is 35.1 Å². The van der Waals surface area contributed by atoms with Crippen LogP contribution in [0.5, 0.6) is 0 Å². The monoisotopic (exact) mass is 241 g/mol. The van der Waals surface area contributed by atoms with E-state index in [-0.39, 0.29) is 5.56 Å². The summed E-state index contributed by atoms with van der Waals surface area (Å²) < 4.78 is 49.4. The molecule has 1 N–H and O–H groups in total. The average Bonchev–Trinajstić information content (AvgIpc) is 2.15. The molecule has 82 valence electrons. The number of alkyl halides is 3. The van der Waals surface area contributed by atoms with Crippen LogP contribution in [0, 0.1) is 5.82 Å². The number of rotatable bonds is 1. The van der Waals surface area contributed by atoms with E-state index in [4.69, 9.17) is 16.8 Å². The number of hydrogen-bond donors (Lipinski definition) is 1. The summed E-state index contributed by atoms with van der Waals surface area (Å²) in [5.74, 6) is -1.41. The summed E-state index contributed by atoms with van der Waals surface area (Å²) in [6.07, 6.45) is -4.81. The highest BCUT2D eigenvalue weighted by molar-refractivity contribution is 6.69. The third kappa shape index (κ3) is 2.59. The molecule has 2 nitrogen and oxygen atoms in total. The highest BCUT2D eigenvalue weighted by atomic mass is 35.5. The van der Waals surface area contributed by atoms with Crippen molar-refractivity contribution >= 4 is 16.8 Å². The second kappa shape index (κ2) is 4.06. The van der Waals surface area contributed by atoms with Crippen molar-refractivity contribution in [2.24, 2.45) is 5.16 Å². The summed E-state index contributed by atoms with van der Waals surface area (Å²) in [6, 6.07) is 2.05. The molecule has 1 aromatic rings. The Kier molecular flexibility index (Phi) is 3.18. The third-order valence-corrected chi connectivity index (χ3v) is 1.89. The molecule has 15 heavy (non-hydrogen) atoms. The van der Waals surface area contributed by atoms with Crippen LogP contribution < -0.4 is 0 Å². The lowest BCUT2D eigenvalue weighted by atomic mass is 10.1. The summed E-state index contributed by atoms with van der Waals surface area (Å²) in [7, 11) is 0. The minimum absolute atomic E-state index is 0.215. The molecular formula is C8H4ClF4NO. The van der Waals surface area contributed by atoms with E-state index in [1.165, 1.54) is 0 Å². The summed E-state index contributed by atoms with van der Waals surface area (Å²) >= 11 is 5.28. The molecule has 0 aromatic heterocycles. The van der Waals surface area contributed by atoms with Crippen LogP contribution in [0.3, 0.4) is 0 Å². The smallest absolute Gasteiger partial charge is 0.410 e. The fraction of sp³-hybridized carbons (Fsp3) is 0.125. The molecule has 0 radical (unpaired) electrons. The Balaban J connectivity index is 3.29. The Bertz CT molecular complexity index is 402. The van der Waals surface area contributed by atoms with Gasteiger partial charge in [-0.3, -0.25) is 0 Å². The van der Waals surface area contributed by atoms with Crippen LogP contribution >= 0.6 is 11.6 Å². The quantitative estimate of drug-likeness (QED) is 0.348. The topological polar surface area (TPSA) is 32.6 Å². The number of oxime groups is 1. The van der Waals surface area contributed by atoms with Crippen LogP contribution in [0.25, 0.3) is 0 Å². The summed E-state index contributed by atoms with van der Waals surface area (Å²) in [5, 5.41) is 10.2. The van der Waals surface area contributed by atoms with Crippen LogP contribution in [0.15, 0.2) is 23.4 Å². The molecule has 0 spiro atoms. The SMILES string of the molecule is O/N=C(/Cl)c1ccc(F)c(C(F)(F)F)c1. The van der Waals surface area contributed by atoms with Gasteiger partial charge < -0.3 is 5.21 Å². The molecule has 0 amide bonds. The summed E-state index contributed by atoms with van der Waals surface area (Å²) in [4.78, 5) is 0. The third-order valence-electron chi connectivity index (χ3n) is 1.60. The first kappa shape index (κ1) is 11.8. The summed E-state index contributed by atoms with van der Waals surface area (Å²) in [5.41, 5.74) is -1.67. The van der Waals surface area contributed by atoms with Gasteiger partial charge in [0.25, 0.3) is 0 Å². The fourth-order valence-electron chi connectivity index (χ4n) is 0.929. The van der Waals surface area contributed by atoms with E-state index in [2.05, 4.69) is 5.16 Å². The van der Waals surface area contributed by atoms with Crippen LogP contribution in [-0.2, 0) is 6.18 Å². The van der Waals surface area contributed by atoms with Gasteiger partial charge in [0.2, 0.25) is 0 Å². The molecule has 7 heteroatoms. The Morgan fingerprint density at radius 1 is 1.33 bits per heavy atom. The molecule has 0 saturated heterocycles. The number of nitrogens with zero attached hydrogens (tertiary/aromatic N) is 1. The van der Waals surface area contributed by atoms with E-state index in [1.807, 2.05) is 0 Å². The van der Waals surface area contributed by atoms with E-state index in [9.17, 15) is 17.6 Å². The van der Waals surface area contributed by atoms with Crippen molar-refractivity contribution in [2.45, 2.75) is 6.18 Å². The number of halogens is 5. The first-order valence-corrected chi connectivity index (χ1v) is 3.98. The Labute approximate surface area is 86.8 Å². The molecule has 0 aliphatic rings. The number of hydrogen-bond acceptors (Lipinski definition) is 2. The van der Waals surface area contributed by atoms with Crippen LogP contribution in [0.2, 0.25) is 0 Å². The van der Waals surface area contributed by atoms with Crippen LogP contribution in [0.4, 0.5) is 17.6 Å². The van der Waals surface area contributed by atoms with Gasteiger partial charge in [0, 0.05) is 5.56 Å². The van der Waals surface area contributed by atoms with Gasteiger partial charge in [0.15, 0.2) is 5.17 Å². The molecule has 0 fully saturated rings. The van der Waals surface area contributed by atoms with Gasteiger partial charge in [-0.2, -0.15) is 13.2 Å². The molecule has 0 aliphatic heterocycles. The zero-order valence-corrected chi connectivity index (χ0v) is 7.77. The van der Waals surface area contributed by atoms with E-state index in [0.29, 0.717) is 12.1 Å². The predicted octanol–water partition coefficient (Wildman–Crippen LogP) is 3.22. The van der Waals surface area contributed by atoms with Crippen molar-refractivity contribution in [1.29, 1.82) is 0 Å². The Morgan fingerprint density at radius 3 is 2.40 bits per heavy atom. The Hall–Kier alpha value is -1.30. The number of benzene rings is 1. The molecule has 0 unspecified atom stereocenters. The molecule has 0 saturated carbocycles. The van der Waals surface area contributed by atoms with Crippen LogP contribution in [0.1, 0.15) is 11.1 Å². The van der Waals surface area contributed by atoms with Crippen molar-refractivity contribution in [3.8, 4) is 0 Å². The first-order valence-electron chi connectivity index (χ1n) is 3.61. The minimum atomic E-state index is -4.81. The van der Waals surface area contributed by atoms with Gasteiger partial charge in [-0.1, -0.05) is 16.8 Å². The standard InChI is InChI=1S/C8H4ClF4NO/c9-7(14-15)4-1-2-6(10)5(3-4)8(11,12)13/h1-3,15H/b14-7+. The normalized spacial score (nSPS) is 13.0. The van der Waals surface area contributed by atoms with Gasteiger partial charge in [-0.25, -0.2) is 4.39 Å². The zero-order chi connectivity index (χ0) is 11.6. The van der Waals surface area contributed by atoms with Gasteiger partial charge in [-0.05, 0) is 18.2 Å². The highest BCUT2D eigenvalue weighted by Crippen LogP contribution is 2.32. The first-order chi connectivity index (χ1) is 6.86. The largest absolute Gasteiger partial charge is 0.419 e. The lowest BCUT2D eigenvalue weighted by Gasteiger charge is -2.08. The zero-order valence-electron chi connectivity index (χ0n) is 7.02. The van der Waals surface area contributed by atoms with Gasteiger partial charge in [0.1, 0.15) is 5.82 Å². The van der Waals surface area contributed by atoms with Crippen molar-refractivity contribution < 1.29 is 22.8 Å². The van der Waals surface area contributed by atoms with Gasteiger partial charge in [0.05, 0.1) is 5.56 Å². The highest BCUT2D eigenvalue weighted by Gasteiger charge is 2.34. The average molecular weight is 242 g/mol. The molecule has 1 aromatic carbocycles. The maximum absolute atomic E-state index is 12.8. The van der Waals surface area contributed by atoms with E-state index >= 15 is 0 Å². The van der Waals surface area contributed by atoms with Crippen molar-refractivity contribution in [1.82, 2.24) is 0 Å². The molecule has 1 rings (SSSR count).